The molecule has 2 aromatic heterocycles. The predicted octanol–water partition coefficient (Wildman–Crippen LogP) is 0.177. The Kier molecular flexibility index (Phi) is 4.16. The number of imidazole rings is 1. The van der Waals surface area contributed by atoms with Crippen LogP contribution in [0.5, 0.6) is 0 Å². The van der Waals surface area contributed by atoms with Crippen LogP contribution in [-0.2, 0) is 6.42 Å². The number of hydrogen-bond acceptors (Lipinski definition) is 7. The maximum Gasteiger partial charge on any atom is 0.266 e. The van der Waals surface area contributed by atoms with E-state index >= 15 is 0 Å². The Morgan fingerprint density at radius 2 is 2.19 bits per heavy atom. The first-order valence-corrected chi connectivity index (χ1v) is 7.30. The van der Waals surface area contributed by atoms with E-state index in [2.05, 4.69) is 36.8 Å². The minimum atomic E-state index is -0.316. The van der Waals surface area contributed by atoms with E-state index in [9.17, 15) is 0 Å². The molecule has 1 fully saturated rings. The van der Waals surface area contributed by atoms with Gasteiger partial charge in [-0.3, -0.25) is 0 Å². The molecule has 0 spiro atoms. The lowest BCUT2D eigenvalue weighted by atomic mass is 10.2. The molecular weight excluding hydrogens is 270 g/mol. The number of aromatic nitrogens is 4. The van der Waals surface area contributed by atoms with Gasteiger partial charge in [0.1, 0.15) is 0 Å². The van der Waals surface area contributed by atoms with Crippen molar-refractivity contribution < 1.29 is 4.52 Å². The Labute approximate surface area is 123 Å². The van der Waals surface area contributed by atoms with Crippen LogP contribution in [0.1, 0.15) is 24.6 Å². The van der Waals surface area contributed by atoms with Gasteiger partial charge in [-0.25, -0.2) is 4.98 Å². The second-order valence-corrected chi connectivity index (χ2v) is 5.24. The minimum absolute atomic E-state index is 0.316. The molecule has 0 bridgehead atoms. The number of nitrogens with one attached hydrogen (secondary N) is 1. The quantitative estimate of drug-likeness (QED) is 0.810. The van der Waals surface area contributed by atoms with E-state index in [-0.39, 0.29) is 6.04 Å². The lowest BCUT2D eigenvalue weighted by Crippen LogP contribution is -2.46. The summed E-state index contributed by atoms with van der Waals surface area (Å²) < 4.78 is 5.31. The normalized spacial score (nSPS) is 18.1. The van der Waals surface area contributed by atoms with E-state index in [4.69, 9.17) is 10.3 Å². The van der Waals surface area contributed by atoms with Gasteiger partial charge in [0.25, 0.3) is 5.95 Å². The fourth-order valence-electron chi connectivity index (χ4n) is 2.49. The molecule has 0 unspecified atom stereocenters. The molecule has 1 atom stereocenters. The Hall–Kier alpha value is -1.93. The van der Waals surface area contributed by atoms with Crippen molar-refractivity contribution in [2.45, 2.75) is 19.4 Å². The van der Waals surface area contributed by atoms with Gasteiger partial charge < -0.3 is 25.0 Å². The molecule has 0 aromatic carbocycles. The van der Waals surface area contributed by atoms with Crippen LogP contribution >= 0.6 is 0 Å². The molecule has 114 valence electrons. The van der Waals surface area contributed by atoms with Gasteiger partial charge in [0.05, 0.1) is 12.4 Å². The molecule has 0 saturated carbocycles. The highest BCUT2D eigenvalue weighted by Gasteiger charge is 2.22. The van der Waals surface area contributed by atoms with E-state index < -0.39 is 0 Å². The minimum Gasteiger partial charge on any atom is -0.348 e. The van der Waals surface area contributed by atoms with Gasteiger partial charge >= 0.3 is 0 Å². The molecule has 1 saturated heterocycles. The van der Waals surface area contributed by atoms with Gasteiger partial charge in [-0.05, 0) is 11.7 Å². The number of nitrogens with zero attached hydrogens (tertiary/aromatic N) is 5. The summed E-state index contributed by atoms with van der Waals surface area (Å²) in [6.45, 7) is 7.16. The number of likely N-dealkylation sites (N-methyl/N-ethyl adjacent to an activating group) is 1. The molecule has 2 aromatic rings. The second kappa shape index (κ2) is 6.23. The molecule has 0 amide bonds. The van der Waals surface area contributed by atoms with Crippen LogP contribution in [0.4, 0.5) is 5.95 Å². The van der Waals surface area contributed by atoms with Crippen LogP contribution in [0, 0.1) is 0 Å². The van der Waals surface area contributed by atoms with Gasteiger partial charge in [-0.2, -0.15) is 4.98 Å². The molecule has 3 heterocycles. The Balaban J connectivity index is 1.61. The number of rotatable bonds is 5. The number of anilines is 1. The highest BCUT2D eigenvalue weighted by molar-refractivity contribution is 5.29. The first-order chi connectivity index (χ1) is 10.3. The number of aromatic amines is 1. The Morgan fingerprint density at radius 3 is 2.86 bits per heavy atom. The fourth-order valence-corrected chi connectivity index (χ4v) is 2.49. The van der Waals surface area contributed by atoms with Gasteiger partial charge in [0.2, 0.25) is 5.89 Å². The third-order valence-electron chi connectivity index (χ3n) is 3.85. The monoisotopic (exact) mass is 291 g/mol. The Bertz CT molecular complexity index is 545. The van der Waals surface area contributed by atoms with Gasteiger partial charge in [-0.15, -0.1) is 0 Å². The van der Waals surface area contributed by atoms with Crippen LogP contribution in [0.2, 0.25) is 0 Å². The topological polar surface area (TPSA) is 100 Å². The zero-order valence-electron chi connectivity index (χ0n) is 12.2. The average Bonchev–Trinajstić information content (AvgIpc) is 3.18. The third kappa shape index (κ3) is 3.22. The van der Waals surface area contributed by atoms with Crippen molar-refractivity contribution in [1.29, 1.82) is 0 Å². The first-order valence-electron chi connectivity index (χ1n) is 7.30. The summed E-state index contributed by atoms with van der Waals surface area (Å²) >= 11 is 0. The lowest BCUT2D eigenvalue weighted by molar-refractivity contribution is 0.268. The van der Waals surface area contributed by atoms with E-state index in [0.29, 0.717) is 18.3 Å². The van der Waals surface area contributed by atoms with E-state index in [1.807, 2.05) is 0 Å². The SMILES string of the molecule is CCN1CCN(c2noc([C@@H](N)Cc3cnc[nH]3)n2)CC1. The molecule has 0 radical (unpaired) electrons. The molecule has 21 heavy (non-hydrogen) atoms. The maximum atomic E-state index is 6.10. The highest BCUT2D eigenvalue weighted by atomic mass is 16.5. The molecule has 1 aliphatic rings. The van der Waals surface area contributed by atoms with E-state index in [1.165, 1.54) is 0 Å². The van der Waals surface area contributed by atoms with Crippen LogP contribution < -0.4 is 10.6 Å². The summed E-state index contributed by atoms with van der Waals surface area (Å²) in [5.74, 6) is 1.11. The molecule has 0 aliphatic carbocycles. The lowest BCUT2D eigenvalue weighted by Gasteiger charge is -2.32. The van der Waals surface area contributed by atoms with Crippen LogP contribution in [0.3, 0.4) is 0 Å². The van der Waals surface area contributed by atoms with Crippen molar-refractivity contribution >= 4 is 5.95 Å². The summed E-state index contributed by atoms with van der Waals surface area (Å²) in [7, 11) is 0. The molecule has 8 nitrogen and oxygen atoms in total. The second-order valence-electron chi connectivity index (χ2n) is 5.24. The standard InChI is InChI=1S/C13H21N7O/c1-2-19-3-5-20(6-4-19)13-17-12(21-18-13)11(14)7-10-8-15-9-16-10/h8-9,11H,2-7,14H2,1H3,(H,15,16)/t11-/m0/s1. The summed E-state index contributed by atoms with van der Waals surface area (Å²) in [6.07, 6.45) is 3.99. The number of H-pyrrole nitrogens is 1. The first kappa shape index (κ1) is 14.0. The van der Waals surface area contributed by atoms with Crippen molar-refractivity contribution in [3.63, 3.8) is 0 Å². The van der Waals surface area contributed by atoms with Gasteiger partial charge in [0.15, 0.2) is 0 Å². The van der Waals surface area contributed by atoms with Crippen molar-refractivity contribution in [3.05, 3.63) is 24.1 Å². The van der Waals surface area contributed by atoms with Crippen molar-refractivity contribution in [3.8, 4) is 0 Å². The maximum absolute atomic E-state index is 6.10. The smallest absolute Gasteiger partial charge is 0.266 e. The molecule has 3 N–H and O–H groups in total. The van der Waals surface area contributed by atoms with Crippen LogP contribution in [0.15, 0.2) is 17.0 Å². The van der Waals surface area contributed by atoms with Gasteiger partial charge in [0, 0.05) is 44.5 Å². The van der Waals surface area contributed by atoms with Crippen molar-refractivity contribution in [1.82, 2.24) is 25.0 Å². The Morgan fingerprint density at radius 1 is 1.38 bits per heavy atom. The molecule has 3 rings (SSSR count). The zero-order chi connectivity index (χ0) is 14.7. The van der Waals surface area contributed by atoms with E-state index in [0.717, 1.165) is 38.4 Å². The summed E-state index contributed by atoms with van der Waals surface area (Å²) in [5, 5.41) is 4.06. The number of nitrogens with two attached hydrogens (primary N) is 1. The molecule has 1 aliphatic heterocycles. The molecule has 8 heteroatoms. The fraction of sp³-hybridized carbons (Fsp3) is 0.615. The van der Waals surface area contributed by atoms with E-state index in [1.54, 1.807) is 12.5 Å². The highest BCUT2D eigenvalue weighted by Crippen LogP contribution is 2.17. The average molecular weight is 291 g/mol. The molecular formula is C13H21N7O. The van der Waals surface area contributed by atoms with Crippen molar-refractivity contribution in [2.24, 2.45) is 5.73 Å². The number of hydrogen-bond donors (Lipinski definition) is 2. The zero-order valence-corrected chi connectivity index (χ0v) is 12.2. The number of piperazine rings is 1. The van der Waals surface area contributed by atoms with Crippen molar-refractivity contribution in [2.75, 3.05) is 37.6 Å². The third-order valence-corrected chi connectivity index (χ3v) is 3.85. The summed E-state index contributed by atoms with van der Waals surface area (Å²) in [5.41, 5.74) is 7.06. The van der Waals surface area contributed by atoms with Gasteiger partial charge in [-0.1, -0.05) is 6.92 Å². The predicted molar refractivity (Wildman–Crippen MR) is 77.8 cm³/mol. The van der Waals surface area contributed by atoms with Crippen LogP contribution in [0.25, 0.3) is 0 Å². The summed E-state index contributed by atoms with van der Waals surface area (Å²) in [4.78, 5) is 16.0. The van der Waals surface area contributed by atoms with Crippen LogP contribution in [-0.4, -0.2) is 57.7 Å². The largest absolute Gasteiger partial charge is 0.348 e. The summed E-state index contributed by atoms with van der Waals surface area (Å²) in [6, 6.07) is -0.316.